The number of hydrogen-bond donors (Lipinski definition) is 0. The molecule has 0 amide bonds. The van der Waals surface area contributed by atoms with Crippen LogP contribution in [0.15, 0.2) is 44.2 Å². The van der Waals surface area contributed by atoms with E-state index in [-0.39, 0.29) is 12.5 Å². The first-order valence-electron chi connectivity index (χ1n) is 8.05. The zero-order chi connectivity index (χ0) is 17.2. The number of oxazole rings is 1. The standard InChI is InChI=1S/C17H16ClN3O4/c18-13-3-1-11(2-4-13)14-10-24-17(22)21(14)9-15-19-20-16(25-15)12-5-7-23-8-6-12/h1-4,10,12H,5-9H2. The highest BCUT2D eigenvalue weighted by Gasteiger charge is 2.22. The fourth-order valence-corrected chi connectivity index (χ4v) is 3.03. The molecule has 0 aliphatic carbocycles. The first kappa shape index (κ1) is 16.1. The Morgan fingerprint density at radius 3 is 2.68 bits per heavy atom. The van der Waals surface area contributed by atoms with Crippen molar-refractivity contribution >= 4 is 11.6 Å². The lowest BCUT2D eigenvalue weighted by atomic mass is 10.0. The molecule has 3 heterocycles. The summed E-state index contributed by atoms with van der Waals surface area (Å²) in [6.45, 7) is 1.55. The predicted molar refractivity (Wildman–Crippen MR) is 89.6 cm³/mol. The Labute approximate surface area is 148 Å². The van der Waals surface area contributed by atoms with Gasteiger partial charge in [-0.05, 0) is 25.0 Å². The van der Waals surface area contributed by atoms with E-state index in [0.29, 0.717) is 35.7 Å². The first-order chi connectivity index (χ1) is 12.2. The summed E-state index contributed by atoms with van der Waals surface area (Å²) in [7, 11) is 0. The molecule has 0 bridgehead atoms. The summed E-state index contributed by atoms with van der Waals surface area (Å²) >= 11 is 5.92. The second-order valence-electron chi connectivity index (χ2n) is 5.90. The molecule has 130 valence electrons. The zero-order valence-corrected chi connectivity index (χ0v) is 14.1. The van der Waals surface area contributed by atoms with E-state index in [0.717, 1.165) is 18.4 Å². The first-order valence-corrected chi connectivity index (χ1v) is 8.43. The van der Waals surface area contributed by atoms with E-state index >= 15 is 0 Å². The van der Waals surface area contributed by atoms with Gasteiger partial charge < -0.3 is 13.6 Å². The average molecular weight is 362 g/mol. The molecular weight excluding hydrogens is 346 g/mol. The minimum Gasteiger partial charge on any atom is -0.423 e. The van der Waals surface area contributed by atoms with E-state index in [1.807, 2.05) is 12.1 Å². The van der Waals surface area contributed by atoms with Gasteiger partial charge in [0.25, 0.3) is 0 Å². The third-order valence-electron chi connectivity index (χ3n) is 4.27. The molecule has 1 fully saturated rings. The second kappa shape index (κ2) is 6.85. The Bertz CT molecular complexity index is 907. The van der Waals surface area contributed by atoms with E-state index in [4.69, 9.17) is 25.2 Å². The summed E-state index contributed by atoms with van der Waals surface area (Å²) in [5.74, 6) is 0.714. The highest BCUT2D eigenvalue weighted by molar-refractivity contribution is 6.30. The van der Waals surface area contributed by atoms with Crippen molar-refractivity contribution in [3.05, 3.63) is 57.9 Å². The molecule has 0 spiro atoms. The third-order valence-corrected chi connectivity index (χ3v) is 4.52. The van der Waals surface area contributed by atoms with Gasteiger partial charge in [0.2, 0.25) is 11.8 Å². The molecule has 0 atom stereocenters. The minimum absolute atomic E-state index is 0.156. The van der Waals surface area contributed by atoms with Crippen LogP contribution in [0.25, 0.3) is 11.3 Å². The van der Waals surface area contributed by atoms with Crippen molar-refractivity contribution in [3.8, 4) is 11.3 Å². The molecule has 4 rings (SSSR count). The topological polar surface area (TPSA) is 83.3 Å². The zero-order valence-electron chi connectivity index (χ0n) is 13.4. The summed E-state index contributed by atoms with van der Waals surface area (Å²) < 4.78 is 17.6. The molecular formula is C17H16ClN3O4. The van der Waals surface area contributed by atoms with E-state index in [9.17, 15) is 4.79 Å². The molecule has 3 aromatic rings. The molecule has 1 aromatic carbocycles. The van der Waals surface area contributed by atoms with Crippen LogP contribution in [0.1, 0.15) is 30.5 Å². The maximum absolute atomic E-state index is 12.1. The number of halogens is 1. The van der Waals surface area contributed by atoms with Gasteiger partial charge in [0.1, 0.15) is 12.8 Å². The Morgan fingerprint density at radius 1 is 1.16 bits per heavy atom. The van der Waals surface area contributed by atoms with E-state index in [2.05, 4.69) is 10.2 Å². The molecule has 0 saturated carbocycles. The highest BCUT2D eigenvalue weighted by atomic mass is 35.5. The maximum Gasteiger partial charge on any atom is 0.419 e. The van der Waals surface area contributed by atoms with Gasteiger partial charge in [-0.3, -0.25) is 4.57 Å². The number of rotatable bonds is 4. The van der Waals surface area contributed by atoms with Gasteiger partial charge in [0.05, 0.1) is 5.69 Å². The second-order valence-corrected chi connectivity index (χ2v) is 6.34. The Balaban J connectivity index is 1.59. The number of benzene rings is 1. The predicted octanol–water partition coefficient (Wildman–Crippen LogP) is 3.09. The van der Waals surface area contributed by atoms with Crippen LogP contribution in [0.5, 0.6) is 0 Å². The van der Waals surface area contributed by atoms with Crippen LogP contribution >= 0.6 is 11.6 Å². The van der Waals surface area contributed by atoms with Crippen LogP contribution in [-0.4, -0.2) is 28.0 Å². The molecule has 0 N–H and O–H groups in total. The van der Waals surface area contributed by atoms with Crippen molar-refractivity contribution in [2.24, 2.45) is 0 Å². The SMILES string of the molecule is O=c1occ(-c2ccc(Cl)cc2)n1Cc1nnc(C2CCOCC2)o1. The van der Waals surface area contributed by atoms with Gasteiger partial charge in [-0.15, -0.1) is 10.2 Å². The fourth-order valence-electron chi connectivity index (χ4n) is 2.90. The maximum atomic E-state index is 12.1. The Hall–Kier alpha value is -2.38. The van der Waals surface area contributed by atoms with Gasteiger partial charge in [-0.1, -0.05) is 23.7 Å². The number of hydrogen-bond acceptors (Lipinski definition) is 6. The van der Waals surface area contributed by atoms with Gasteiger partial charge in [-0.2, -0.15) is 0 Å². The van der Waals surface area contributed by atoms with Gasteiger partial charge in [0.15, 0.2) is 0 Å². The molecule has 0 unspecified atom stereocenters. The Kier molecular flexibility index (Phi) is 4.42. The normalized spacial score (nSPS) is 15.6. The van der Waals surface area contributed by atoms with Crippen LogP contribution in [-0.2, 0) is 11.3 Å². The number of nitrogens with zero attached hydrogens (tertiary/aromatic N) is 3. The van der Waals surface area contributed by atoms with Crippen molar-refractivity contribution in [1.29, 1.82) is 0 Å². The summed E-state index contributed by atoms with van der Waals surface area (Å²) in [6, 6.07) is 7.16. The fraction of sp³-hybridized carbons (Fsp3) is 0.353. The van der Waals surface area contributed by atoms with Crippen LogP contribution in [0.4, 0.5) is 0 Å². The Morgan fingerprint density at radius 2 is 1.92 bits per heavy atom. The van der Waals surface area contributed by atoms with Gasteiger partial charge in [0, 0.05) is 29.7 Å². The van der Waals surface area contributed by atoms with Crippen molar-refractivity contribution in [3.63, 3.8) is 0 Å². The molecule has 25 heavy (non-hydrogen) atoms. The molecule has 2 aromatic heterocycles. The third kappa shape index (κ3) is 3.38. The van der Waals surface area contributed by atoms with Crippen molar-refractivity contribution in [1.82, 2.24) is 14.8 Å². The molecule has 8 heteroatoms. The average Bonchev–Trinajstić information content (AvgIpc) is 3.25. The minimum atomic E-state index is -0.476. The van der Waals surface area contributed by atoms with Crippen molar-refractivity contribution < 1.29 is 13.6 Å². The largest absolute Gasteiger partial charge is 0.423 e. The van der Waals surface area contributed by atoms with E-state index in [1.54, 1.807) is 12.1 Å². The quantitative estimate of drug-likeness (QED) is 0.710. The molecule has 0 radical (unpaired) electrons. The van der Waals surface area contributed by atoms with Crippen LogP contribution in [0.2, 0.25) is 5.02 Å². The number of ether oxygens (including phenoxy) is 1. The molecule has 1 aliphatic rings. The summed E-state index contributed by atoms with van der Waals surface area (Å²) in [5, 5.41) is 8.83. The molecule has 1 aliphatic heterocycles. The smallest absolute Gasteiger partial charge is 0.419 e. The van der Waals surface area contributed by atoms with Crippen LogP contribution < -0.4 is 5.76 Å². The lowest BCUT2D eigenvalue weighted by Gasteiger charge is -2.18. The summed E-state index contributed by atoms with van der Waals surface area (Å²) in [4.78, 5) is 12.1. The van der Waals surface area contributed by atoms with Crippen molar-refractivity contribution in [2.45, 2.75) is 25.3 Å². The van der Waals surface area contributed by atoms with Crippen LogP contribution in [0.3, 0.4) is 0 Å². The lowest BCUT2D eigenvalue weighted by Crippen LogP contribution is -2.16. The van der Waals surface area contributed by atoms with Crippen LogP contribution in [0, 0.1) is 0 Å². The van der Waals surface area contributed by atoms with E-state index < -0.39 is 5.76 Å². The van der Waals surface area contributed by atoms with E-state index in [1.165, 1.54) is 10.8 Å². The molecule has 7 nitrogen and oxygen atoms in total. The molecule has 1 saturated heterocycles. The highest BCUT2D eigenvalue weighted by Crippen LogP contribution is 2.26. The number of aromatic nitrogens is 3. The van der Waals surface area contributed by atoms with Gasteiger partial charge >= 0.3 is 5.76 Å². The van der Waals surface area contributed by atoms with Crippen molar-refractivity contribution in [2.75, 3.05) is 13.2 Å². The summed E-state index contributed by atoms with van der Waals surface area (Å²) in [5.41, 5.74) is 1.45. The van der Waals surface area contributed by atoms with Gasteiger partial charge in [-0.25, -0.2) is 4.79 Å². The summed E-state index contributed by atoms with van der Waals surface area (Å²) in [6.07, 6.45) is 3.15. The monoisotopic (exact) mass is 361 g/mol. The lowest BCUT2D eigenvalue weighted by molar-refractivity contribution is 0.0791.